The molecule has 1 aliphatic heterocycles. The molecule has 0 bridgehead atoms. The van der Waals surface area contributed by atoms with Crippen molar-refractivity contribution in [2.24, 2.45) is 0 Å². The summed E-state index contributed by atoms with van der Waals surface area (Å²) < 4.78 is 5.31. The van der Waals surface area contributed by atoms with Crippen molar-refractivity contribution in [2.75, 3.05) is 7.11 Å². The normalized spacial score (nSPS) is 14.9. The highest BCUT2D eigenvalue weighted by Crippen LogP contribution is 2.34. The van der Waals surface area contributed by atoms with Crippen LogP contribution in [0.5, 0.6) is 5.75 Å². The molecule has 156 valence electrons. The monoisotopic (exact) mass is 469 g/mol. The van der Waals surface area contributed by atoms with Gasteiger partial charge >= 0.3 is 0 Å². The molecule has 3 aromatic rings. The smallest absolute Gasteiger partial charge is 0.274 e. The maximum atomic E-state index is 12.4. The van der Waals surface area contributed by atoms with E-state index >= 15 is 0 Å². The van der Waals surface area contributed by atoms with E-state index in [1.54, 1.807) is 25.3 Å². The highest BCUT2D eigenvalue weighted by atomic mass is 35.5. The van der Waals surface area contributed by atoms with Crippen LogP contribution < -0.4 is 10.1 Å². The van der Waals surface area contributed by atoms with Gasteiger partial charge < -0.3 is 4.74 Å². The lowest BCUT2D eigenvalue weighted by Gasteiger charge is -2.14. The molecule has 0 radical (unpaired) electrons. The summed E-state index contributed by atoms with van der Waals surface area (Å²) in [5.41, 5.74) is 1.58. The number of halogens is 1. The Morgan fingerprint density at radius 3 is 2.65 bits per heavy atom. The Hall–Kier alpha value is -2.94. The first-order valence-corrected chi connectivity index (χ1v) is 10.8. The van der Waals surface area contributed by atoms with Crippen LogP contribution in [-0.4, -0.2) is 33.9 Å². The zero-order chi connectivity index (χ0) is 22.1. The number of hydrogen-bond donors (Lipinski definition) is 1. The number of ether oxygens (including phenoxy) is 1. The first-order chi connectivity index (χ1) is 14.9. The molecule has 6 nitrogen and oxygen atoms in total. The average Bonchev–Trinajstić information content (AvgIpc) is 3.02. The Morgan fingerprint density at radius 1 is 1.23 bits per heavy atom. The summed E-state index contributed by atoms with van der Waals surface area (Å²) in [6.07, 6.45) is 1.63. The second kappa shape index (κ2) is 8.66. The number of nitrogens with zero attached hydrogens (tertiary/aromatic N) is 2. The first kappa shape index (κ1) is 21.3. The Labute approximate surface area is 193 Å². The van der Waals surface area contributed by atoms with Gasteiger partial charge in [-0.3, -0.25) is 19.8 Å². The summed E-state index contributed by atoms with van der Waals surface area (Å²) in [6, 6.07) is 14.9. The Kier molecular flexibility index (Phi) is 5.95. The van der Waals surface area contributed by atoms with Crippen LogP contribution in [0.2, 0.25) is 5.02 Å². The molecule has 0 saturated carbocycles. The van der Waals surface area contributed by atoms with Crippen LogP contribution in [0, 0.1) is 0 Å². The minimum absolute atomic E-state index is 0.0640. The summed E-state index contributed by atoms with van der Waals surface area (Å²) >= 11 is 12.6. The zero-order valence-corrected chi connectivity index (χ0v) is 18.9. The highest BCUT2D eigenvalue weighted by Gasteiger charge is 2.33. The lowest BCUT2D eigenvalue weighted by atomic mass is 10.1. The van der Waals surface area contributed by atoms with Gasteiger partial charge in [0.25, 0.3) is 5.91 Å². The van der Waals surface area contributed by atoms with Crippen LogP contribution in [0.3, 0.4) is 0 Å². The molecule has 0 unspecified atom stereocenters. The predicted molar refractivity (Wildman–Crippen MR) is 125 cm³/mol. The number of fused-ring (bicyclic) bond motifs is 1. The summed E-state index contributed by atoms with van der Waals surface area (Å²) in [6.45, 7) is 1.36. The van der Waals surface area contributed by atoms with Crippen molar-refractivity contribution in [2.45, 2.75) is 16.8 Å². The van der Waals surface area contributed by atoms with Gasteiger partial charge in [0.1, 0.15) is 16.5 Å². The lowest BCUT2D eigenvalue weighted by Crippen LogP contribution is -2.31. The van der Waals surface area contributed by atoms with Crippen molar-refractivity contribution < 1.29 is 14.3 Å². The molecule has 4 rings (SSSR count). The number of thiocarbonyl (C=S) groups is 1. The summed E-state index contributed by atoms with van der Waals surface area (Å²) in [5, 5.41) is 4.74. The van der Waals surface area contributed by atoms with Crippen LogP contribution in [0.15, 0.2) is 64.1 Å². The second-order valence-corrected chi connectivity index (χ2v) is 8.53. The number of methoxy groups -OCH3 is 1. The SMILES string of the molecule is COc1ccc2cc(/C=C3\C(=O)NC(=S)N3C(C)=O)c(Sc3ccc(Cl)cc3)nc2c1. The van der Waals surface area contributed by atoms with E-state index in [0.717, 1.165) is 15.8 Å². The number of rotatable bonds is 4. The van der Waals surface area contributed by atoms with E-state index in [4.69, 9.17) is 33.5 Å². The molecular formula is C22H16ClN3O3S2. The first-order valence-electron chi connectivity index (χ1n) is 9.15. The van der Waals surface area contributed by atoms with Gasteiger partial charge in [-0.25, -0.2) is 4.98 Å². The van der Waals surface area contributed by atoms with Crippen molar-refractivity contribution in [3.05, 3.63) is 64.8 Å². The zero-order valence-electron chi connectivity index (χ0n) is 16.5. The number of amides is 2. The lowest BCUT2D eigenvalue weighted by molar-refractivity contribution is -0.125. The number of nitrogens with one attached hydrogen (secondary N) is 1. The summed E-state index contributed by atoms with van der Waals surface area (Å²) in [4.78, 5) is 31.4. The topological polar surface area (TPSA) is 71.5 Å². The molecule has 0 spiro atoms. The molecule has 1 N–H and O–H groups in total. The Bertz CT molecular complexity index is 1260. The predicted octanol–water partition coefficient (Wildman–Crippen LogP) is 4.65. The largest absolute Gasteiger partial charge is 0.497 e. The van der Waals surface area contributed by atoms with Gasteiger partial charge in [-0.2, -0.15) is 0 Å². The van der Waals surface area contributed by atoms with Gasteiger partial charge in [-0.1, -0.05) is 23.4 Å². The van der Waals surface area contributed by atoms with E-state index in [-0.39, 0.29) is 16.7 Å². The van der Waals surface area contributed by atoms with Crippen molar-refractivity contribution in [1.29, 1.82) is 0 Å². The van der Waals surface area contributed by atoms with E-state index in [2.05, 4.69) is 5.32 Å². The molecule has 0 aliphatic carbocycles. The quantitative estimate of drug-likeness (QED) is 0.443. The summed E-state index contributed by atoms with van der Waals surface area (Å²) in [5.74, 6) is -0.0886. The maximum Gasteiger partial charge on any atom is 0.274 e. The van der Waals surface area contributed by atoms with E-state index in [0.29, 0.717) is 21.4 Å². The van der Waals surface area contributed by atoms with Crippen molar-refractivity contribution >= 4 is 69.5 Å². The maximum absolute atomic E-state index is 12.4. The number of hydrogen-bond acceptors (Lipinski definition) is 6. The number of carbonyl (C=O) groups excluding carboxylic acids is 2. The van der Waals surface area contributed by atoms with Gasteiger partial charge in [0.05, 0.1) is 12.6 Å². The van der Waals surface area contributed by atoms with E-state index in [9.17, 15) is 9.59 Å². The van der Waals surface area contributed by atoms with E-state index in [1.165, 1.54) is 23.6 Å². The number of benzene rings is 2. The summed E-state index contributed by atoms with van der Waals surface area (Å²) in [7, 11) is 1.60. The van der Waals surface area contributed by atoms with Crippen molar-refractivity contribution in [1.82, 2.24) is 15.2 Å². The number of aromatic nitrogens is 1. The van der Waals surface area contributed by atoms with Crippen molar-refractivity contribution in [3.8, 4) is 5.75 Å². The van der Waals surface area contributed by atoms with Crippen LogP contribution in [0.25, 0.3) is 17.0 Å². The second-order valence-electron chi connectivity index (χ2n) is 6.64. The van der Waals surface area contributed by atoms with Crippen LogP contribution in [0.4, 0.5) is 0 Å². The van der Waals surface area contributed by atoms with Crippen LogP contribution >= 0.6 is 35.6 Å². The molecular weight excluding hydrogens is 454 g/mol. The van der Waals surface area contributed by atoms with Gasteiger partial charge in [-0.05, 0) is 60.8 Å². The standard InChI is InChI=1S/C22H16ClN3O3S2/c1-12(27)26-19(20(28)25-22(26)30)10-14-9-13-3-6-16(29-2)11-18(13)24-21(14)31-17-7-4-15(23)5-8-17/h3-11H,1-2H3,(H,25,28,30)/b19-10+. The molecule has 9 heteroatoms. The molecule has 2 aromatic carbocycles. The van der Waals surface area contributed by atoms with Gasteiger partial charge in [-0.15, -0.1) is 0 Å². The molecule has 1 fully saturated rings. The van der Waals surface area contributed by atoms with E-state index in [1.807, 2.05) is 36.4 Å². The van der Waals surface area contributed by atoms with Gasteiger partial charge in [0, 0.05) is 33.9 Å². The Morgan fingerprint density at radius 2 is 1.97 bits per heavy atom. The van der Waals surface area contributed by atoms with Gasteiger partial charge in [0.15, 0.2) is 5.11 Å². The molecule has 2 amide bonds. The fraction of sp³-hybridized carbons (Fsp3) is 0.0909. The van der Waals surface area contributed by atoms with Gasteiger partial charge in [0.2, 0.25) is 5.91 Å². The third kappa shape index (κ3) is 4.41. The molecule has 31 heavy (non-hydrogen) atoms. The molecule has 1 saturated heterocycles. The fourth-order valence-electron chi connectivity index (χ4n) is 3.09. The molecule has 1 aromatic heterocycles. The minimum Gasteiger partial charge on any atom is -0.497 e. The molecule has 1 aliphatic rings. The van der Waals surface area contributed by atoms with Crippen molar-refractivity contribution in [3.63, 3.8) is 0 Å². The minimum atomic E-state index is -0.433. The third-order valence-corrected chi connectivity index (χ3v) is 6.11. The fourth-order valence-corrected chi connectivity index (χ4v) is 4.41. The van der Waals surface area contributed by atoms with Crippen LogP contribution in [0.1, 0.15) is 12.5 Å². The number of pyridine rings is 1. The molecule has 0 atom stereocenters. The van der Waals surface area contributed by atoms with Crippen LogP contribution in [-0.2, 0) is 9.59 Å². The third-order valence-electron chi connectivity index (χ3n) is 4.55. The molecule has 2 heterocycles. The number of carbonyl (C=O) groups is 2. The Balaban J connectivity index is 1.87. The van der Waals surface area contributed by atoms with E-state index < -0.39 is 5.91 Å². The average molecular weight is 470 g/mol. The highest BCUT2D eigenvalue weighted by molar-refractivity contribution is 7.99.